The Kier molecular flexibility index (Phi) is 6.10. The number of para-hydroxylation sites is 1. The number of hydrogen-bond acceptors (Lipinski definition) is 6. The summed E-state index contributed by atoms with van der Waals surface area (Å²) < 4.78 is 2.01. The van der Waals surface area contributed by atoms with Crippen LogP contribution in [0.5, 0.6) is 0 Å². The van der Waals surface area contributed by atoms with E-state index < -0.39 is 0 Å². The lowest BCUT2D eigenvalue weighted by Gasteiger charge is -2.10. The lowest BCUT2D eigenvalue weighted by molar-refractivity contribution is 0.102. The monoisotopic (exact) mass is 522 g/mol. The van der Waals surface area contributed by atoms with E-state index in [0.717, 1.165) is 27.6 Å². The van der Waals surface area contributed by atoms with Crippen LogP contribution in [0.4, 0.5) is 17.3 Å². The molecular formula is C28H19ClN6OS. The third kappa shape index (κ3) is 4.67. The van der Waals surface area contributed by atoms with Crippen molar-refractivity contribution in [3.63, 3.8) is 0 Å². The van der Waals surface area contributed by atoms with Gasteiger partial charge >= 0.3 is 0 Å². The van der Waals surface area contributed by atoms with Gasteiger partial charge < -0.3 is 10.6 Å². The van der Waals surface area contributed by atoms with E-state index >= 15 is 0 Å². The van der Waals surface area contributed by atoms with Crippen LogP contribution in [0.25, 0.3) is 27.6 Å². The van der Waals surface area contributed by atoms with E-state index in [4.69, 9.17) is 21.6 Å². The third-order valence-corrected chi connectivity index (χ3v) is 6.80. The summed E-state index contributed by atoms with van der Waals surface area (Å²) in [6, 6.07) is 26.1. The molecular weight excluding hydrogens is 504 g/mol. The van der Waals surface area contributed by atoms with Crippen molar-refractivity contribution in [2.75, 3.05) is 10.6 Å². The molecule has 0 fully saturated rings. The average Bonchev–Trinajstić information content (AvgIpc) is 3.53. The number of rotatable bonds is 6. The molecule has 37 heavy (non-hydrogen) atoms. The number of thiazole rings is 1. The number of fused-ring (bicyclic) bond motifs is 1. The van der Waals surface area contributed by atoms with Crippen LogP contribution in [0.15, 0.2) is 103 Å². The number of amides is 1. The molecule has 0 spiro atoms. The van der Waals surface area contributed by atoms with Crippen molar-refractivity contribution in [2.24, 2.45) is 0 Å². The topological polar surface area (TPSA) is 84.2 Å². The van der Waals surface area contributed by atoms with Gasteiger partial charge in [0, 0.05) is 34.6 Å². The van der Waals surface area contributed by atoms with Crippen LogP contribution < -0.4 is 10.6 Å². The summed E-state index contributed by atoms with van der Waals surface area (Å²) >= 11 is 7.85. The summed E-state index contributed by atoms with van der Waals surface area (Å²) in [5, 5.41) is 8.73. The van der Waals surface area contributed by atoms with Crippen molar-refractivity contribution in [3.8, 4) is 22.6 Å². The predicted octanol–water partition coefficient (Wildman–Crippen LogP) is 7.17. The Labute approximate surface area is 221 Å². The third-order valence-electron chi connectivity index (χ3n) is 5.71. The lowest BCUT2D eigenvalue weighted by atomic mass is 10.1. The van der Waals surface area contributed by atoms with Gasteiger partial charge in [0.05, 0.1) is 22.1 Å². The number of carbonyl (C=O) groups is 1. The molecule has 2 N–H and O–H groups in total. The summed E-state index contributed by atoms with van der Waals surface area (Å²) in [4.78, 5) is 27.6. The molecule has 1 amide bonds. The SMILES string of the molecule is O=C(Nc1cccc(-c2nc3sccn3c2-c2ccnc(Nc3ccccc3Cl)n2)c1)c1ccccc1. The molecule has 0 saturated heterocycles. The first-order valence-electron chi connectivity index (χ1n) is 11.4. The van der Waals surface area contributed by atoms with E-state index in [2.05, 4.69) is 15.6 Å². The Bertz CT molecular complexity index is 1730. The second-order valence-electron chi connectivity index (χ2n) is 8.14. The molecule has 0 aliphatic rings. The highest BCUT2D eigenvalue weighted by atomic mass is 35.5. The van der Waals surface area contributed by atoms with Gasteiger partial charge in [-0.1, -0.05) is 54.1 Å². The zero-order valence-corrected chi connectivity index (χ0v) is 20.9. The maximum absolute atomic E-state index is 12.7. The zero-order valence-electron chi connectivity index (χ0n) is 19.3. The molecule has 3 aromatic carbocycles. The second-order valence-corrected chi connectivity index (χ2v) is 9.42. The lowest BCUT2D eigenvalue weighted by Crippen LogP contribution is -2.11. The molecule has 6 aromatic rings. The van der Waals surface area contributed by atoms with Crippen molar-refractivity contribution < 1.29 is 4.79 Å². The first kappa shape index (κ1) is 22.9. The number of hydrogen-bond donors (Lipinski definition) is 2. The van der Waals surface area contributed by atoms with Gasteiger partial charge in [-0.25, -0.2) is 15.0 Å². The fraction of sp³-hybridized carbons (Fsp3) is 0. The van der Waals surface area contributed by atoms with Gasteiger partial charge in [-0.05, 0) is 42.5 Å². The van der Waals surface area contributed by atoms with E-state index in [9.17, 15) is 4.79 Å². The van der Waals surface area contributed by atoms with E-state index in [1.165, 1.54) is 11.3 Å². The molecule has 0 saturated carbocycles. The summed E-state index contributed by atoms with van der Waals surface area (Å²) in [5.41, 5.74) is 5.13. The van der Waals surface area contributed by atoms with Gasteiger partial charge in [0.1, 0.15) is 5.69 Å². The van der Waals surface area contributed by atoms with Gasteiger partial charge in [-0.15, -0.1) is 11.3 Å². The Morgan fingerprint density at radius 1 is 0.919 bits per heavy atom. The van der Waals surface area contributed by atoms with Crippen molar-refractivity contribution in [3.05, 3.63) is 113 Å². The molecule has 0 radical (unpaired) electrons. The standard InChI is InChI=1S/C28H19ClN6OS/c29-21-11-4-5-12-22(21)32-27-30-14-13-23(33-27)25-24(34-28-35(25)15-16-37-28)19-9-6-10-20(17-19)31-26(36)18-7-2-1-3-8-18/h1-17H,(H,31,36)(H,30,32,33). The van der Waals surface area contributed by atoms with Gasteiger partial charge in [0.25, 0.3) is 5.91 Å². The maximum Gasteiger partial charge on any atom is 0.255 e. The number of anilines is 3. The number of benzene rings is 3. The maximum atomic E-state index is 12.7. The van der Waals surface area contributed by atoms with Crippen molar-refractivity contribution in [1.82, 2.24) is 19.4 Å². The van der Waals surface area contributed by atoms with Gasteiger partial charge in [0.15, 0.2) is 4.96 Å². The Hall–Kier alpha value is -4.53. The molecule has 9 heteroatoms. The van der Waals surface area contributed by atoms with Crippen molar-refractivity contribution >= 4 is 51.1 Å². The van der Waals surface area contributed by atoms with E-state index in [1.54, 1.807) is 24.4 Å². The molecule has 0 atom stereocenters. The normalized spacial score (nSPS) is 10.9. The highest BCUT2D eigenvalue weighted by Gasteiger charge is 2.19. The van der Waals surface area contributed by atoms with E-state index in [-0.39, 0.29) is 5.91 Å². The molecule has 3 aromatic heterocycles. The molecule has 0 aliphatic heterocycles. The summed E-state index contributed by atoms with van der Waals surface area (Å²) in [5.74, 6) is 0.250. The van der Waals surface area contributed by atoms with Crippen LogP contribution in [0.3, 0.4) is 0 Å². The van der Waals surface area contributed by atoms with Crippen molar-refractivity contribution in [2.45, 2.75) is 0 Å². The Balaban J connectivity index is 1.38. The zero-order chi connectivity index (χ0) is 25.2. The Morgan fingerprint density at radius 3 is 2.62 bits per heavy atom. The van der Waals surface area contributed by atoms with E-state index in [1.807, 2.05) is 82.7 Å². The fourth-order valence-electron chi connectivity index (χ4n) is 4.00. The first-order valence-corrected chi connectivity index (χ1v) is 12.7. The molecule has 3 heterocycles. The van der Waals surface area contributed by atoms with Gasteiger partial charge in [-0.3, -0.25) is 9.20 Å². The molecule has 6 rings (SSSR count). The summed E-state index contributed by atoms with van der Waals surface area (Å²) in [7, 11) is 0. The van der Waals surface area contributed by atoms with Gasteiger partial charge in [0.2, 0.25) is 5.95 Å². The number of halogens is 1. The molecule has 180 valence electrons. The fourth-order valence-corrected chi connectivity index (χ4v) is 4.90. The number of nitrogens with zero attached hydrogens (tertiary/aromatic N) is 4. The molecule has 0 aliphatic carbocycles. The van der Waals surface area contributed by atoms with Crippen LogP contribution in [-0.2, 0) is 0 Å². The highest BCUT2D eigenvalue weighted by molar-refractivity contribution is 7.15. The number of aromatic nitrogens is 4. The Morgan fingerprint density at radius 2 is 1.76 bits per heavy atom. The van der Waals surface area contributed by atoms with Crippen LogP contribution in [-0.4, -0.2) is 25.3 Å². The number of imidazole rings is 1. The number of nitrogens with one attached hydrogen (secondary N) is 2. The minimum atomic E-state index is -0.171. The summed E-state index contributed by atoms with van der Waals surface area (Å²) in [6.45, 7) is 0. The minimum Gasteiger partial charge on any atom is -0.323 e. The second kappa shape index (κ2) is 9.85. The molecule has 0 bridgehead atoms. The summed E-state index contributed by atoms with van der Waals surface area (Å²) in [6.07, 6.45) is 3.67. The molecule has 0 unspecified atom stereocenters. The van der Waals surface area contributed by atoms with Crippen LogP contribution >= 0.6 is 22.9 Å². The van der Waals surface area contributed by atoms with Crippen LogP contribution in [0, 0.1) is 0 Å². The average molecular weight is 523 g/mol. The van der Waals surface area contributed by atoms with Gasteiger partial charge in [-0.2, -0.15) is 0 Å². The molecule has 7 nitrogen and oxygen atoms in total. The number of carbonyl (C=O) groups excluding carboxylic acids is 1. The van der Waals surface area contributed by atoms with Crippen LogP contribution in [0.1, 0.15) is 10.4 Å². The highest BCUT2D eigenvalue weighted by Crippen LogP contribution is 2.35. The smallest absolute Gasteiger partial charge is 0.255 e. The van der Waals surface area contributed by atoms with Crippen molar-refractivity contribution in [1.29, 1.82) is 0 Å². The van der Waals surface area contributed by atoms with E-state index in [0.29, 0.717) is 27.9 Å². The van der Waals surface area contributed by atoms with Crippen LogP contribution in [0.2, 0.25) is 5.02 Å². The predicted molar refractivity (Wildman–Crippen MR) is 149 cm³/mol. The largest absolute Gasteiger partial charge is 0.323 e. The minimum absolute atomic E-state index is 0.171. The quantitative estimate of drug-likeness (QED) is 0.242. The first-order chi connectivity index (χ1) is 18.2.